The van der Waals surface area contributed by atoms with Crippen molar-refractivity contribution in [3.05, 3.63) is 23.2 Å². The highest BCUT2D eigenvalue weighted by Gasteiger charge is 2.35. The van der Waals surface area contributed by atoms with Gasteiger partial charge >= 0.3 is 0 Å². The molecule has 1 fully saturated rings. The fourth-order valence-electron chi connectivity index (χ4n) is 2.59. The Morgan fingerprint density at radius 1 is 1.21 bits per heavy atom. The summed E-state index contributed by atoms with van der Waals surface area (Å²) in [7, 11) is 0. The molecule has 1 aliphatic heterocycles. The normalized spacial score (nSPS) is 21.6. The SMILES string of the molecule is CC(C)OC(OC(C)C)C1CSC(c2nc3ccc(O)cc3s2)N1. The minimum absolute atomic E-state index is 0.116. The number of nitrogens with one attached hydrogen (secondary N) is 1. The fraction of sp³-hybridized carbons (Fsp3) is 0.588. The lowest BCUT2D eigenvalue weighted by atomic mass is 10.3. The van der Waals surface area contributed by atoms with Gasteiger partial charge in [0, 0.05) is 5.75 Å². The summed E-state index contributed by atoms with van der Waals surface area (Å²) in [6.07, 6.45) is -0.0315. The molecule has 1 aromatic heterocycles. The molecule has 2 unspecified atom stereocenters. The van der Waals surface area contributed by atoms with E-state index in [1.54, 1.807) is 23.5 Å². The molecule has 132 valence electrons. The van der Waals surface area contributed by atoms with Gasteiger partial charge in [-0.2, -0.15) is 0 Å². The molecule has 0 saturated carbocycles. The van der Waals surface area contributed by atoms with Crippen molar-refractivity contribution < 1.29 is 14.6 Å². The van der Waals surface area contributed by atoms with Gasteiger partial charge in [0.15, 0.2) is 6.29 Å². The first-order valence-electron chi connectivity index (χ1n) is 8.20. The number of ether oxygens (including phenoxy) is 2. The Bertz CT molecular complexity index is 680. The largest absolute Gasteiger partial charge is 0.508 e. The van der Waals surface area contributed by atoms with Crippen molar-refractivity contribution in [2.45, 2.75) is 57.6 Å². The number of hydrogen-bond acceptors (Lipinski definition) is 7. The first-order valence-corrected chi connectivity index (χ1v) is 10.1. The Hall–Kier alpha value is -0.860. The van der Waals surface area contributed by atoms with Crippen LogP contribution in [0.1, 0.15) is 38.1 Å². The van der Waals surface area contributed by atoms with E-state index in [4.69, 9.17) is 14.5 Å². The van der Waals surface area contributed by atoms with E-state index in [0.717, 1.165) is 21.0 Å². The zero-order valence-corrected chi connectivity index (χ0v) is 16.0. The second-order valence-corrected chi connectivity index (χ2v) is 8.63. The van der Waals surface area contributed by atoms with Gasteiger partial charge in [0.25, 0.3) is 0 Å². The van der Waals surface area contributed by atoms with Crippen LogP contribution in [0.5, 0.6) is 5.75 Å². The highest BCUT2D eigenvalue weighted by molar-refractivity contribution is 7.99. The molecule has 0 radical (unpaired) electrons. The van der Waals surface area contributed by atoms with Gasteiger partial charge in [-0.05, 0) is 45.9 Å². The molecule has 7 heteroatoms. The van der Waals surface area contributed by atoms with Gasteiger partial charge in [0.2, 0.25) is 0 Å². The first-order chi connectivity index (χ1) is 11.4. The number of fused-ring (bicyclic) bond motifs is 1. The molecule has 0 bridgehead atoms. The zero-order chi connectivity index (χ0) is 17.3. The van der Waals surface area contributed by atoms with Crippen molar-refractivity contribution >= 4 is 33.3 Å². The van der Waals surface area contributed by atoms with Crippen LogP contribution in [0.25, 0.3) is 10.2 Å². The highest BCUT2D eigenvalue weighted by atomic mass is 32.2. The summed E-state index contributed by atoms with van der Waals surface area (Å²) in [4.78, 5) is 4.69. The van der Waals surface area contributed by atoms with Crippen molar-refractivity contribution in [2.75, 3.05) is 5.75 Å². The van der Waals surface area contributed by atoms with Crippen molar-refractivity contribution in [3.8, 4) is 5.75 Å². The summed E-state index contributed by atoms with van der Waals surface area (Å²) in [6.45, 7) is 8.10. The fourth-order valence-corrected chi connectivity index (χ4v) is 5.00. The summed E-state index contributed by atoms with van der Waals surface area (Å²) in [5.41, 5.74) is 0.923. The molecule has 2 N–H and O–H groups in total. The maximum Gasteiger partial charge on any atom is 0.174 e. The molecule has 1 aromatic carbocycles. The summed E-state index contributed by atoms with van der Waals surface area (Å²) >= 11 is 3.43. The molecule has 2 heterocycles. The second-order valence-electron chi connectivity index (χ2n) is 6.43. The average molecular weight is 369 g/mol. The number of benzene rings is 1. The average Bonchev–Trinajstić information content (AvgIpc) is 3.11. The maximum absolute atomic E-state index is 9.61. The van der Waals surface area contributed by atoms with E-state index >= 15 is 0 Å². The van der Waals surface area contributed by atoms with Crippen LogP contribution in [0, 0.1) is 0 Å². The minimum Gasteiger partial charge on any atom is -0.508 e. The lowest BCUT2D eigenvalue weighted by Crippen LogP contribution is -2.43. The lowest BCUT2D eigenvalue weighted by molar-refractivity contribution is -0.191. The van der Waals surface area contributed by atoms with E-state index < -0.39 is 0 Å². The summed E-state index contributed by atoms with van der Waals surface area (Å²) in [6, 6.07) is 5.42. The molecule has 0 spiro atoms. The van der Waals surface area contributed by atoms with Gasteiger partial charge in [-0.25, -0.2) is 4.98 Å². The summed E-state index contributed by atoms with van der Waals surface area (Å²) in [5.74, 6) is 1.19. The van der Waals surface area contributed by atoms with Crippen LogP contribution < -0.4 is 5.32 Å². The van der Waals surface area contributed by atoms with E-state index in [1.807, 2.05) is 45.5 Å². The monoisotopic (exact) mass is 368 g/mol. The van der Waals surface area contributed by atoms with Gasteiger partial charge in [-0.1, -0.05) is 0 Å². The molecular formula is C17H24N2O3S2. The van der Waals surface area contributed by atoms with Crippen LogP contribution in [0.4, 0.5) is 0 Å². The number of thioether (sulfide) groups is 1. The van der Waals surface area contributed by atoms with Crippen LogP contribution in [0.3, 0.4) is 0 Å². The molecule has 2 aromatic rings. The Labute approximate surface area is 150 Å². The number of phenols is 1. The van der Waals surface area contributed by atoms with E-state index in [1.165, 1.54) is 0 Å². The smallest absolute Gasteiger partial charge is 0.174 e. The Balaban J connectivity index is 1.72. The number of phenolic OH excluding ortho intramolecular Hbond substituents is 1. The Kier molecular flexibility index (Phi) is 5.66. The van der Waals surface area contributed by atoms with Gasteiger partial charge in [0.05, 0.1) is 28.5 Å². The van der Waals surface area contributed by atoms with Crippen LogP contribution in [-0.2, 0) is 9.47 Å². The predicted octanol–water partition coefficient (Wildman–Crippen LogP) is 3.88. The van der Waals surface area contributed by atoms with Gasteiger partial charge in [-0.3, -0.25) is 5.32 Å². The molecule has 0 aliphatic carbocycles. The molecule has 3 rings (SSSR count). The maximum atomic E-state index is 9.61. The first kappa shape index (κ1) is 17.9. The molecule has 5 nitrogen and oxygen atoms in total. The number of thiazole rings is 1. The Morgan fingerprint density at radius 2 is 1.92 bits per heavy atom. The third kappa shape index (κ3) is 4.21. The third-order valence-corrected chi connectivity index (χ3v) is 6.04. The van der Waals surface area contributed by atoms with E-state index in [9.17, 15) is 5.11 Å². The zero-order valence-electron chi connectivity index (χ0n) is 14.4. The highest BCUT2D eigenvalue weighted by Crippen LogP contribution is 2.38. The standard InChI is InChI=1S/C17H24N2O3S2/c1-9(2)21-17(22-10(3)4)13-8-23-15(19-13)16-18-12-6-5-11(20)7-14(12)24-16/h5-7,9-10,13,15,17,19-20H,8H2,1-4H3. The lowest BCUT2D eigenvalue weighted by Gasteiger charge is -2.28. The number of rotatable bonds is 6. The minimum atomic E-state index is -0.263. The Morgan fingerprint density at radius 3 is 2.58 bits per heavy atom. The van der Waals surface area contributed by atoms with Crippen LogP contribution in [0.15, 0.2) is 18.2 Å². The number of nitrogens with zero attached hydrogens (tertiary/aromatic N) is 1. The van der Waals surface area contributed by atoms with Crippen LogP contribution in [-0.4, -0.2) is 40.4 Å². The van der Waals surface area contributed by atoms with Crippen molar-refractivity contribution in [1.82, 2.24) is 10.3 Å². The van der Waals surface area contributed by atoms with E-state index in [2.05, 4.69) is 5.32 Å². The molecule has 1 aliphatic rings. The van der Waals surface area contributed by atoms with Crippen LogP contribution >= 0.6 is 23.1 Å². The van der Waals surface area contributed by atoms with Gasteiger partial charge in [-0.15, -0.1) is 23.1 Å². The number of hydrogen-bond donors (Lipinski definition) is 2. The molecule has 2 atom stereocenters. The van der Waals surface area contributed by atoms with Crippen molar-refractivity contribution in [2.24, 2.45) is 0 Å². The summed E-state index contributed by atoms with van der Waals surface area (Å²) in [5, 5.41) is 14.4. The van der Waals surface area contributed by atoms with Gasteiger partial charge in [0.1, 0.15) is 16.1 Å². The predicted molar refractivity (Wildman–Crippen MR) is 99.6 cm³/mol. The van der Waals surface area contributed by atoms with E-state index in [0.29, 0.717) is 0 Å². The van der Waals surface area contributed by atoms with E-state index in [-0.39, 0.29) is 35.7 Å². The van der Waals surface area contributed by atoms with Gasteiger partial charge < -0.3 is 14.6 Å². The van der Waals surface area contributed by atoms with Crippen LogP contribution in [0.2, 0.25) is 0 Å². The molecule has 1 saturated heterocycles. The number of aromatic nitrogens is 1. The quantitative estimate of drug-likeness (QED) is 0.755. The molecular weight excluding hydrogens is 344 g/mol. The van der Waals surface area contributed by atoms with Crippen molar-refractivity contribution in [3.63, 3.8) is 0 Å². The molecule has 24 heavy (non-hydrogen) atoms. The summed E-state index contributed by atoms with van der Waals surface area (Å²) < 4.78 is 12.9. The number of aromatic hydroxyl groups is 1. The third-order valence-electron chi connectivity index (χ3n) is 3.56. The second kappa shape index (κ2) is 7.58. The van der Waals surface area contributed by atoms with Crippen molar-refractivity contribution in [1.29, 1.82) is 0 Å². The topological polar surface area (TPSA) is 63.6 Å². The molecule has 0 amide bonds.